The van der Waals surface area contributed by atoms with Crippen LogP contribution in [0.3, 0.4) is 0 Å². The molecule has 0 saturated heterocycles. The van der Waals surface area contributed by atoms with E-state index in [2.05, 4.69) is 11.4 Å². The highest BCUT2D eigenvalue weighted by Gasteiger charge is 2.07. The number of rotatable bonds is 7. The number of carbonyl (C=O) groups is 1. The number of carbonyl (C=O) groups excluding carboxylic acids is 1. The molecule has 0 saturated carbocycles. The van der Waals surface area contributed by atoms with Crippen LogP contribution >= 0.6 is 0 Å². The molecule has 0 spiro atoms. The van der Waals surface area contributed by atoms with Crippen LogP contribution in [0.1, 0.15) is 17.0 Å². The van der Waals surface area contributed by atoms with E-state index in [9.17, 15) is 4.79 Å². The zero-order chi connectivity index (χ0) is 13.5. The molecule has 6 nitrogen and oxygen atoms in total. The summed E-state index contributed by atoms with van der Waals surface area (Å²) < 4.78 is 6.88. The highest BCUT2D eigenvalue weighted by Crippen LogP contribution is 2.12. The minimum atomic E-state index is -0.465. The van der Waals surface area contributed by atoms with Crippen molar-refractivity contribution in [3.63, 3.8) is 0 Å². The molecule has 0 atom stereocenters. The van der Waals surface area contributed by atoms with Gasteiger partial charge in [-0.3, -0.25) is 4.79 Å². The number of nitrogens with two attached hydrogens (primary N) is 1. The lowest BCUT2D eigenvalue weighted by Crippen LogP contribution is -2.23. The number of aromatic nitrogens is 1. The van der Waals surface area contributed by atoms with Gasteiger partial charge < -0.3 is 20.4 Å². The summed E-state index contributed by atoms with van der Waals surface area (Å²) in [4.78, 5) is 10.4. The second-order valence-electron chi connectivity index (χ2n) is 4.01. The van der Waals surface area contributed by atoms with E-state index < -0.39 is 5.91 Å². The molecule has 0 aromatic carbocycles. The maximum Gasteiger partial charge on any atom is 0.243 e. The van der Waals surface area contributed by atoms with Crippen LogP contribution in [-0.2, 0) is 23.1 Å². The average Bonchev–Trinajstić information content (AvgIpc) is 2.60. The molecule has 1 aromatic rings. The first kappa shape index (κ1) is 14.2. The first-order valence-corrected chi connectivity index (χ1v) is 5.68. The molecular formula is C12H18N4O2. The molecule has 0 aliphatic carbocycles. The maximum absolute atomic E-state index is 10.4. The number of hydrogen-bond acceptors (Lipinski definition) is 4. The number of ether oxygens (including phenoxy) is 1. The monoisotopic (exact) mass is 250 g/mol. The van der Waals surface area contributed by atoms with Crippen molar-refractivity contribution in [3.8, 4) is 6.07 Å². The lowest BCUT2D eigenvalue weighted by atomic mass is 10.2. The second kappa shape index (κ2) is 6.79. The predicted molar refractivity (Wildman–Crippen MR) is 66.6 cm³/mol. The van der Waals surface area contributed by atoms with Crippen molar-refractivity contribution < 1.29 is 9.53 Å². The SMILES string of the molecule is Cc1c(CNCCOCC(N)=O)cc(C#N)n1C. The van der Waals surface area contributed by atoms with Gasteiger partial charge in [-0.15, -0.1) is 0 Å². The fourth-order valence-electron chi connectivity index (χ4n) is 1.59. The normalized spacial score (nSPS) is 10.3. The number of nitriles is 1. The summed E-state index contributed by atoms with van der Waals surface area (Å²) in [7, 11) is 1.87. The highest BCUT2D eigenvalue weighted by atomic mass is 16.5. The zero-order valence-corrected chi connectivity index (χ0v) is 10.7. The molecule has 0 aliphatic rings. The fourth-order valence-corrected chi connectivity index (χ4v) is 1.59. The quantitative estimate of drug-likeness (QED) is 0.655. The molecule has 0 bridgehead atoms. The Morgan fingerprint density at radius 1 is 1.67 bits per heavy atom. The predicted octanol–water partition coefficient (Wildman–Crippen LogP) is -0.203. The topological polar surface area (TPSA) is 93.1 Å². The van der Waals surface area contributed by atoms with E-state index in [1.807, 2.05) is 24.6 Å². The summed E-state index contributed by atoms with van der Waals surface area (Å²) in [5.74, 6) is -0.465. The van der Waals surface area contributed by atoms with E-state index in [1.54, 1.807) is 0 Å². The summed E-state index contributed by atoms with van der Waals surface area (Å²) in [5, 5.41) is 12.1. The van der Waals surface area contributed by atoms with Gasteiger partial charge in [-0.25, -0.2) is 0 Å². The molecule has 0 fully saturated rings. The molecule has 1 amide bonds. The lowest BCUT2D eigenvalue weighted by Gasteiger charge is -2.05. The Bertz CT molecular complexity index is 459. The van der Waals surface area contributed by atoms with E-state index in [-0.39, 0.29) is 6.61 Å². The lowest BCUT2D eigenvalue weighted by molar-refractivity contribution is -0.122. The molecular weight excluding hydrogens is 232 g/mol. The van der Waals surface area contributed by atoms with Crippen LogP contribution in [-0.4, -0.2) is 30.2 Å². The number of nitrogens with one attached hydrogen (secondary N) is 1. The summed E-state index contributed by atoms with van der Waals surface area (Å²) in [5.41, 5.74) is 7.74. The smallest absolute Gasteiger partial charge is 0.243 e. The van der Waals surface area contributed by atoms with Gasteiger partial charge in [0.25, 0.3) is 0 Å². The summed E-state index contributed by atoms with van der Waals surface area (Å²) in [6.45, 7) is 3.65. The van der Waals surface area contributed by atoms with E-state index in [0.29, 0.717) is 25.4 Å². The molecule has 98 valence electrons. The third-order valence-electron chi connectivity index (χ3n) is 2.74. The van der Waals surface area contributed by atoms with Crippen LogP contribution in [0.25, 0.3) is 0 Å². The van der Waals surface area contributed by atoms with Gasteiger partial charge in [0.15, 0.2) is 0 Å². The number of nitrogens with zero attached hydrogens (tertiary/aromatic N) is 2. The van der Waals surface area contributed by atoms with Crippen molar-refractivity contribution in [2.24, 2.45) is 12.8 Å². The zero-order valence-electron chi connectivity index (χ0n) is 10.7. The van der Waals surface area contributed by atoms with Crippen molar-refractivity contribution in [2.75, 3.05) is 19.8 Å². The molecule has 3 N–H and O–H groups in total. The van der Waals surface area contributed by atoms with Gasteiger partial charge in [0.05, 0.1) is 6.61 Å². The van der Waals surface area contributed by atoms with Gasteiger partial charge in [0, 0.05) is 25.8 Å². The van der Waals surface area contributed by atoms with Crippen molar-refractivity contribution >= 4 is 5.91 Å². The highest BCUT2D eigenvalue weighted by molar-refractivity contribution is 5.74. The maximum atomic E-state index is 10.4. The van der Waals surface area contributed by atoms with Crippen molar-refractivity contribution in [2.45, 2.75) is 13.5 Å². The van der Waals surface area contributed by atoms with Crippen LogP contribution in [0.5, 0.6) is 0 Å². The molecule has 0 radical (unpaired) electrons. The molecule has 18 heavy (non-hydrogen) atoms. The summed E-state index contributed by atoms with van der Waals surface area (Å²) >= 11 is 0. The standard InChI is InChI=1S/C12H18N4O2/c1-9-10(5-11(6-13)16(9)2)7-15-3-4-18-8-12(14)17/h5,15H,3-4,7-8H2,1-2H3,(H2,14,17). The van der Waals surface area contributed by atoms with E-state index >= 15 is 0 Å². The summed E-state index contributed by atoms with van der Waals surface area (Å²) in [6.07, 6.45) is 0. The summed E-state index contributed by atoms with van der Waals surface area (Å²) in [6, 6.07) is 4.01. The van der Waals surface area contributed by atoms with Crippen LogP contribution in [0.2, 0.25) is 0 Å². The van der Waals surface area contributed by atoms with Gasteiger partial charge in [-0.1, -0.05) is 0 Å². The average molecular weight is 250 g/mol. The molecule has 0 aliphatic heterocycles. The third-order valence-corrected chi connectivity index (χ3v) is 2.74. The molecule has 0 unspecified atom stereocenters. The van der Waals surface area contributed by atoms with Crippen molar-refractivity contribution in [1.29, 1.82) is 5.26 Å². The van der Waals surface area contributed by atoms with Gasteiger partial charge in [-0.05, 0) is 18.6 Å². The Morgan fingerprint density at radius 3 is 2.94 bits per heavy atom. The number of amides is 1. The first-order chi connectivity index (χ1) is 8.56. The van der Waals surface area contributed by atoms with Gasteiger partial charge in [-0.2, -0.15) is 5.26 Å². The molecule has 1 rings (SSSR count). The van der Waals surface area contributed by atoms with Gasteiger partial charge in [0.1, 0.15) is 18.4 Å². The van der Waals surface area contributed by atoms with Crippen LogP contribution in [0.15, 0.2) is 6.07 Å². The Morgan fingerprint density at radius 2 is 2.39 bits per heavy atom. The third kappa shape index (κ3) is 3.87. The fraction of sp³-hybridized carbons (Fsp3) is 0.500. The van der Waals surface area contributed by atoms with E-state index in [0.717, 1.165) is 11.3 Å². The minimum Gasteiger partial charge on any atom is -0.370 e. The number of primary amides is 1. The number of hydrogen-bond donors (Lipinski definition) is 2. The van der Waals surface area contributed by atoms with Crippen LogP contribution < -0.4 is 11.1 Å². The Labute approximate surface area is 106 Å². The van der Waals surface area contributed by atoms with E-state index in [1.165, 1.54) is 0 Å². The first-order valence-electron chi connectivity index (χ1n) is 5.68. The Hall–Kier alpha value is -1.84. The molecule has 6 heteroatoms. The largest absolute Gasteiger partial charge is 0.370 e. The van der Waals surface area contributed by atoms with E-state index in [4.69, 9.17) is 15.7 Å². The van der Waals surface area contributed by atoms with Crippen molar-refractivity contribution in [3.05, 3.63) is 23.0 Å². The Kier molecular flexibility index (Phi) is 5.36. The Balaban J connectivity index is 2.32. The minimum absolute atomic E-state index is 0.0510. The van der Waals surface area contributed by atoms with Gasteiger partial charge >= 0.3 is 0 Å². The molecule has 1 heterocycles. The second-order valence-corrected chi connectivity index (χ2v) is 4.01. The molecule has 1 aromatic heterocycles. The van der Waals surface area contributed by atoms with Crippen LogP contribution in [0, 0.1) is 18.3 Å². The van der Waals surface area contributed by atoms with Crippen molar-refractivity contribution in [1.82, 2.24) is 9.88 Å². The van der Waals surface area contributed by atoms with Crippen LogP contribution in [0.4, 0.5) is 0 Å². The van der Waals surface area contributed by atoms with Gasteiger partial charge in [0.2, 0.25) is 5.91 Å².